The number of carbonyl (C=O) groups excluding carboxylic acids is 1. The third-order valence-electron chi connectivity index (χ3n) is 7.98. The lowest BCUT2D eigenvalue weighted by Crippen LogP contribution is -2.46. The normalized spacial score (nSPS) is 19.6. The van der Waals surface area contributed by atoms with Crippen LogP contribution in [0.4, 0.5) is 11.4 Å². The van der Waals surface area contributed by atoms with Crippen molar-refractivity contribution in [3.05, 3.63) is 90.0 Å². The molecular weight excluding hydrogens is 462 g/mol. The number of carbonyl (C=O) groups is 1. The molecule has 36 heavy (non-hydrogen) atoms. The van der Waals surface area contributed by atoms with Gasteiger partial charge in [0.1, 0.15) is 18.0 Å². The number of hydrogen-bond acceptors (Lipinski definition) is 4. The molecule has 2 heterocycles. The van der Waals surface area contributed by atoms with Crippen LogP contribution in [0.25, 0.3) is 0 Å². The molecule has 0 saturated carbocycles. The van der Waals surface area contributed by atoms with E-state index in [1.165, 1.54) is 16.8 Å². The highest BCUT2D eigenvalue weighted by atomic mass is 28.4. The quantitative estimate of drug-likeness (QED) is 0.387. The molecular formula is C30H37N3O2Si. The highest BCUT2D eigenvalue weighted by molar-refractivity contribution is 6.74. The number of para-hydroxylation sites is 2. The molecule has 1 saturated heterocycles. The van der Waals surface area contributed by atoms with Crippen molar-refractivity contribution < 1.29 is 9.22 Å². The lowest BCUT2D eigenvalue weighted by atomic mass is 9.96. The van der Waals surface area contributed by atoms with Gasteiger partial charge in [-0.3, -0.25) is 10.2 Å². The Balaban J connectivity index is 1.44. The Morgan fingerprint density at radius 2 is 1.61 bits per heavy atom. The maximum absolute atomic E-state index is 13.7. The molecule has 0 spiro atoms. The molecule has 188 valence electrons. The molecule has 1 N–H and O–H groups in total. The Kier molecular flexibility index (Phi) is 6.33. The minimum atomic E-state index is -1.90. The molecule has 0 aromatic heterocycles. The molecule has 1 fully saturated rings. The second-order valence-corrected chi connectivity index (χ2v) is 16.2. The largest absolute Gasteiger partial charge is 0.544 e. The second-order valence-electron chi connectivity index (χ2n) is 11.5. The van der Waals surface area contributed by atoms with Crippen molar-refractivity contribution in [3.8, 4) is 5.75 Å². The van der Waals surface area contributed by atoms with Crippen molar-refractivity contribution >= 4 is 25.6 Å². The van der Waals surface area contributed by atoms with Gasteiger partial charge in [0.05, 0.1) is 5.69 Å². The zero-order valence-electron chi connectivity index (χ0n) is 22.0. The fourth-order valence-electron chi connectivity index (χ4n) is 4.94. The van der Waals surface area contributed by atoms with E-state index in [0.29, 0.717) is 0 Å². The Morgan fingerprint density at radius 3 is 2.31 bits per heavy atom. The number of nitrogens with zero attached hydrogens (tertiary/aromatic N) is 2. The molecule has 6 heteroatoms. The third kappa shape index (κ3) is 4.62. The van der Waals surface area contributed by atoms with Crippen LogP contribution in [-0.2, 0) is 17.6 Å². The summed E-state index contributed by atoms with van der Waals surface area (Å²) in [6.45, 7) is 11.3. The minimum absolute atomic E-state index is 0.128. The van der Waals surface area contributed by atoms with Crippen LogP contribution in [0.3, 0.4) is 0 Å². The van der Waals surface area contributed by atoms with E-state index in [2.05, 4.69) is 92.7 Å². The maximum Gasteiger partial charge on any atom is 0.265 e. The lowest BCUT2D eigenvalue weighted by Gasteiger charge is -2.37. The van der Waals surface area contributed by atoms with Crippen molar-refractivity contribution in [3.63, 3.8) is 0 Å². The Labute approximate surface area is 216 Å². The number of amides is 1. The Morgan fingerprint density at radius 1 is 0.944 bits per heavy atom. The number of benzene rings is 3. The highest BCUT2D eigenvalue weighted by Crippen LogP contribution is 2.40. The summed E-state index contributed by atoms with van der Waals surface area (Å²) in [6, 6.07) is 26.8. The van der Waals surface area contributed by atoms with Gasteiger partial charge in [-0.25, -0.2) is 5.01 Å². The number of hydrazine groups is 1. The molecule has 5 nitrogen and oxygen atoms in total. The molecule has 0 bridgehead atoms. The summed E-state index contributed by atoms with van der Waals surface area (Å²) in [6.07, 6.45) is 2.35. The van der Waals surface area contributed by atoms with Gasteiger partial charge in [-0.2, -0.15) is 0 Å². The van der Waals surface area contributed by atoms with Gasteiger partial charge in [-0.1, -0.05) is 69.3 Å². The van der Waals surface area contributed by atoms with Gasteiger partial charge in [0.25, 0.3) is 5.91 Å². The van der Waals surface area contributed by atoms with Crippen LogP contribution in [0.2, 0.25) is 18.1 Å². The Bertz CT molecular complexity index is 1220. The maximum atomic E-state index is 13.7. The summed E-state index contributed by atoms with van der Waals surface area (Å²) in [5, 5.41) is 2.00. The molecule has 5 rings (SSSR count). The first kappa shape index (κ1) is 24.4. The van der Waals surface area contributed by atoms with Crippen LogP contribution in [0.1, 0.15) is 38.3 Å². The van der Waals surface area contributed by atoms with Crippen molar-refractivity contribution in [2.75, 3.05) is 10.3 Å². The standard InChI is InChI=1S/C30H37N3O2Si/c1-30(2,3)36(4,5)35-25-18-15-22(16-19-25)21-28-32-26-14-10-9-11-23(26)17-20-27(32)29(34)33(28)31-24-12-7-6-8-13-24/h6-16,18-19,27-28,31H,17,20-21H2,1-5H3/t27?,28-/m1/s1. The van der Waals surface area contributed by atoms with Crippen molar-refractivity contribution in [2.45, 2.75) is 70.4 Å². The van der Waals surface area contributed by atoms with Gasteiger partial charge in [0.15, 0.2) is 0 Å². The number of anilines is 2. The Hall–Kier alpha value is -3.25. The van der Waals surface area contributed by atoms with E-state index in [9.17, 15) is 4.79 Å². The van der Waals surface area contributed by atoms with E-state index in [0.717, 1.165) is 30.7 Å². The SMILES string of the molecule is CC(C)(C)[Si](C)(C)Oc1ccc(C[C@H]2N(Nc3ccccc3)C(=O)C3CCc4ccccc4N32)cc1. The molecule has 2 atom stereocenters. The van der Waals surface area contributed by atoms with E-state index in [1.807, 2.05) is 35.3 Å². The fraction of sp³-hybridized carbons (Fsp3) is 0.367. The van der Waals surface area contributed by atoms with Gasteiger partial charge in [0.2, 0.25) is 8.32 Å². The summed E-state index contributed by atoms with van der Waals surface area (Å²) < 4.78 is 6.49. The molecule has 2 aliphatic heterocycles. The zero-order valence-corrected chi connectivity index (χ0v) is 23.0. The summed E-state index contributed by atoms with van der Waals surface area (Å²) >= 11 is 0. The molecule has 1 amide bonds. The van der Waals surface area contributed by atoms with E-state index in [1.54, 1.807) is 0 Å². The van der Waals surface area contributed by atoms with Crippen molar-refractivity contribution in [1.82, 2.24) is 5.01 Å². The van der Waals surface area contributed by atoms with Crippen LogP contribution >= 0.6 is 0 Å². The first-order valence-electron chi connectivity index (χ1n) is 12.9. The average Bonchev–Trinajstić information content (AvgIpc) is 3.11. The summed E-state index contributed by atoms with van der Waals surface area (Å²) in [4.78, 5) is 16.0. The highest BCUT2D eigenvalue weighted by Gasteiger charge is 2.48. The van der Waals surface area contributed by atoms with Crippen LogP contribution in [-0.4, -0.2) is 31.4 Å². The van der Waals surface area contributed by atoms with Crippen LogP contribution in [0.5, 0.6) is 5.75 Å². The monoisotopic (exact) mass is 499 g/mol. The van der Waals surface area contributed by atoms with Crippen LogP contribution in [0, 0.1) is 0 Å². The second kappa shape index (κ2) is 9.32. The average molecular weight is 500 g/mol. The van der Waals surface area contributed by atoms with Crippen molar-refractivity contribution in [2.24, 2.45) is 0 Å². The molecule has 0 radical (unpaired) electrons. The van der Waals surface area contributed by atoms with Crippen molar-refractivity contribution in [1.29, 1.82) is 0 Å². The van der Waals surface area contributed by atoms with Gasteiger partial charge in [-0.05, 0) is 72.4 Å². The van der Waals surface area contributed by atoms with Gasteiger partial charge in [-0.15, -0.1) is 0 Å². The van der Waals surface area contributed by atoms with E-state index >= 15 is 0 Å². The number of aryl methyl sites for hydroxylation is 1. The number of hydrogen-bond donors (Lipinski definition) is 1. The molecule has 3 aromatic rings. The lowest BCUT2D eigenvalue weighted by molar-refractivity contribution is -0.128. The van der Waals surface area contributed by atoms with E-state index < -0.39 is 8.32 Å². The number of rotatable bonds is 6. The molecule has 0 aliphatic carbocycles. The van der Waals surface area contributed by atoms with Gasteiger partial charge < -0.3 is 9.33 Å². The van der Waals surface area contributed by atoms with Gasteiger partial charge in [0, 0.05) is 12.1 Å². The molecule has 1 unspecified atom stereocenters. The summed E-state index contributed by atoms with van der Waals surface area (Å²) in [7, 11) is -1.90. The summed E-state index contributed by atoms with van der Waals surface area (Å²) in [5.41, 5.74) is 8.01. The van der Waals surface area contributed by atoms with Gasteiger partial charge >= 0.3 is 0 Å². The summed E-state index contributed by atoms with van der Waals surface area (Å²) in [5.74, 6) is 1.06. The topological polar surface area (TPSA) is 44.8 Å². The minimum Gasteiger partial charge on any atom is -0.544 e. The first-order chi connectivity index (χ1) is 17.1. The van der Waals surface area contributed by atoms with E-state index in [4.69, 9.17) is 4.43 Å². The van der Waals surface area contributed by atoms with Crippen LogP contribution in [0.15, 0.2) is 78.9 Å². The van der Waals surface area contributed by atoms with E-state index in [-0.39, 0.29) is 23.2 Å². The predicted octanol–water partition coefficient (Wildman–Crippen LogP) is 6.63. The smallest absolute Gasteiger partial charge is 0.265 e. The zero-order chi connectivity index (χ0) is 25.5. The number of nitrogens with one attached hydrogen (secondary N) is 1. The first-order valence-corrected chi connectivity index (χ1v) is 15.8. The molecule has 3 aromatic carbocycles. The predicted molar refractivity (Wildman–Crippen MR) is 150 cm³/mol. The molecule has 2 aliphatic rings. The third-order valence-corrected chi connectivity index (χ3v) is 12.3. The van der Waals surface area contributed by atoms with Crippen LogP contribution < -0.4 is 14.8 Å². The fourth-order valence-corrected chi connectivity index (χ4v) is 5.97. The number of fused-ring (bicyclic) bond motifs is 3.